The first kappa shape index (κ1) is 23.6. The molecule has 0 saturated carbocycles. The number of anilines is 1. The minimum Gasteiger partial charge on any atom is -0.496 e. The van der Waals surface area contributed by atoms with Crippen LogP contribution in [0.25, 0.3) is 33.4 Å². The number of nitrogens with two attached hydrogens (primary N) is 1. The van der Waals surface area contributed by atoms with E-state index < -0.39 is 11.7 Å². The number of aromatic amines is 1. The van der Waals surface area contributed by atoms with Crippen molar-refractivity contribution in [1.29, 1.82) is 0 Å². The van der Waals surface area contributed by atoms with Gasteiger partial charge in [0.05, 0.1) is 47.2 Å². The number of methoxy groups -OCH3 is 1. The number of carbonyl (C=O) groups excluding carboxylic acids is 1. The maximum absolute atomic E-state index is 13.6. The van der Waals surface area contributed by atoms with Crippen LogP contribution in [0.2, 0.25) is 0 Å². The van der Waals surface area contributed by atoms with Crippen LogP contribution < -0.4 is 21.1 Å². The molecule has 0 radical (unpaired) electrons. The number of hydrogen-bond acceptors (Lipinski definition) is 7. The van der Waals surface area contributed by atoms with Crippen LogP contribution in [0.3, 0.4) is 0 Å². The van der Waals surface area contributed by atoms with Gasteiger partial charge in [-0.3, -0.25) is 19.6 Å². The number of fused-ring (bicyclic) bond motifs is 2. The number of aromatic nitrogens is 5. The van der Waals surface area contributed by atoms with Crippen molar-refractivity contribution in [3.05, 3.63) is 77.4 Å². The van der Waals surface area contributed by atoms with Crippen molar-refractivity contribution in [3.8, 4) is 28.3 Å². The molecule has 11 heteroatoms. The number of H-pyrrole nitrogens is 1. The quantitative estimate of drug-likeness (QED) is 0.274. The SMILES string of the molecule is COc1ccc(F)cc1C(=O)NCc1ccc(-c2ncc(-c3cc4n(n3)CCNC4)c3[nH]nc(N)c23)cc1. The van der Waals surface area contributed by atoms with E-state index in [2.05, 4.69) is 26.9 Å². The van der Waals surface area contributed by atoms with Gasteiger partial charge in [0.2, 0.25) is 0 Å². The fourth-order valence-electron chi connectivity index (χ4n) is 4.70. The highest BCUT2D eigenvalue weighted by Gasteiger charge is 2.20. The van der Waals surface area contributed by atoms with E-state index >= 15 is 0 Å². The molecule has 2 aromatic carbocycles. The lowest BCUT2D eigenvalue weighted by molar-refractivity contribution is 0.0947. The van der Waals surface area contributed by atoms with E-state index in [0.29, 0.717) is 17.3 Å². The molecule has 0 spiro atoms. The standard InChI is InChI=1S/C27H25FN8O2/c1-38-22-7-6-17(28)10-19(22)27(37)32-12-15-2-4-16(5-3-15)24-23-25(33-34-26(23)29)20(14-31-24)21-11-18-13-30-8-9-36(18)35-21/h2-7,10-11,14,30H,8-9,12-13H2,1H3,(H,32,37)(H3,29,33,34). The summed E-state index contributed by atoms with van der Waals surface area (Å²) >= 11 is 0. The molecule has 10 nitrogen and oxygen atoms in total. The number of rotatable bonds is 6. The number of nitrogen functional groups attached to an aromatic ring is 1. The number of pyridine rings is 1. The van der Waals surface area contributed by atoms with E-state index in [0.717, 1.165) is 64.7 Å². The first-order chi connectivity index (χ1) is 18.5. The first-order valence-corrected chi connectivity index (χ1v) is 12.1. The van der Waals surface area contributed by atoms with Crippen LogP contribution in [0.4, 0.5) is 10.2 Å². The number of amides is 1. The van der Waals surface area contributed by atoms with Crippen LogP contribution in [0.1, 0.15) is 21.6 Å². The van der Waals surface area contributed by atoms with Gasteiger partial charge in [0.1, 0.15) is 11.6 Å². The van der Waals surface area contributed by atoms with Gasteiger partial charge in [0.25, 0.3) is 5.91 Å². The molecule has 0 atom stereocenters. The smallest absolute Gasteiger partial charge is 0.255 e. The summed E-state index contributed by atoms with van der Waals surface area (Å²) in [5.74, 6) is -0.265. The summed E-state index contributed by atoms with van der Waals surface area (Å²) < 4.78 is 20.8. The zero-order chi connectivity index (χ0) is 26.2. The van der Waals surface area contributed by atoms with E-state index in [1.807, 2.05) is 28.9 Å². The van der Waals surface area contributed by atoms with Crippen LogP contribution in [-0.4, -0.2) is 44.5 Å². The summed E-state index contributed by atoms with van der Waals surface area (Å²) in [6.07, 6.45) is 1.79. The lowest BCUT2D eigenvalue weighted by Crippen LogP contribution is -2.28. The van der Waals surface area contributed by atoms with E-state index in [4.69, 9.17) is 20.6 Å². The predicted molar refractivity (Wildman–Crippen MR) is 141 cm³/mol. The Labute approximate surface area is 217 Å². The second-order valence-corrected chi connectivity index (χ2v) is 9.02. The molecular formula is C27H25FN8O2. The average molecular weight is 513 g/mol. The third-order valence-electron chi connectivity index (χ3n) is 6.66. The molecule has 1 aliphatic rings. The minimum absolute atomic E-state index is 0.140. The lowest BCUT2D eigenvalue weighted by Gasteiger charge is -2.13. The predicted octanol–water partition coefficient (Wildman–Crippen LogP) is 3.25. The van der Waals surface area contributed by atoms with Crippen molar-refractivity contribution >= 4 is 22.6 Å². The van der Waals surface area contributed by atoms with Crippen LogP contribution in [0.15, 0.2) is 54.7 Å². The number of ether oxygens (including phenoxy) is 1. The normalized spacial score (nSPS) is 12.9. The Morgan fingerprint density at radius 1 is 1.21 bits per heavy atom. The molecule has 0 saturated heterocycles. The summed E-state index contributed by atoms with van der Waals surface area (Å²) in [5.41, 5.74) is 12.4. The van der Waals surface area contributed by atoms with Gasteiger partial charge in [-0.2, -0.15) is 10.2 Å². The first-order valence-electron chi connectivity index (χ1n) is 12.1. The van der Waals surface area contributed by atoms with Gasteiger partial charge in [-0.05, 0) is 29.8 Å². The maximum atomic E-state index is 13.6. The number of nitrogens with one attached hydrogen (secondary N) is 3. The van der Waals surface area contributed by atoms with Crippen LogP contribution in [0.5, 0.6) is 5.75 Å². The monoisotopic (exact) mass is 512 g/mol. The van der Waals surface area contributed by atoms with Crippen molar-refractivity contribution in [3.63, 3.8) is 0 Å². The van der Waals surface area contributed by atoms with Crippen LogP contribution in [-0.2, 0) is 19.6 Å². The van der Waals surface area contributed by atoms with E-state index in [1.165, 1.54) is 19.2 Å². The summed E-state index contributed by atoms with van der Waals surface area (Å²) in [6.45, 7) is 2.73. The van der Waals surface area contributed by atoms with Gasteiger partial charge >= 0.3 is 0 Å². The summed E-state index contributed by atoms with van der Waals surface area (Å²) in [4.78, 5) is 17.3. The van der Waals surface area contributed by atoms with Gasteiger partial charge in [-0.25, -0.2) is 4.39 Å². The molecule has 0 fully saturated rings. The fraction of sp³-hybridized carbons (Fsp3) is 0.185. The lowest BCUT2D eigenvalue weighted by atomic mass is 10.0. The highest BCUT2D eigenvalue weighted by molar-refractivity contribution is 6.05. The average Bonchev–Trinajstić information content (AvgIpc) is 3.55. The van der Waals surface area contributed by atoms with Crippen molar-refractivity contribution in [1.82, 2.24) is 35.6 Å². The van der Waals surface area contributed by atoms with Gasteiger partial charge in [0.15, 0.2) is 5.82 Å². The molecule has 3 aromatic heterocycles. The molecule has 0 bridgehead atoms. The minimum atomic E-state index is -0.506. The molecule has 4 heterocycles. The zero-order valence-corrected chi connectivity index (χ0v) is 20.6. The molecule has 1 aliphatic heterocycles. The molecule has 5 aromatic rings. The Kier molecular flexibility index (Phi) is 5.97. The third-order valence-corrected chi connectivity index (χ3v) is 6.66. The number of nitrogens with zero attached hydrogens (tertiary/aromatic N) is 4. The van der Waals surface area contributed by atoms with E-state index in [9.17, 15) is 9.18 Å². The molecule has 192 valence electrons. The number of halogens is 1. The summed E-state index contributed by atoms with van der Waals surface area (Å²) in [5, 5.41) is 18.9. The molecule has 5 N–H and O–H groups in total. The van der Waals surface area contributed by atoms with E-state index in [1.54, 1.807) is 6.20 Å². The number of carbonyl (C=O) groups is 1. The molecule has 0 unspecified atom stereocenters. The van der Waals surface area contributed by atoms with Gasteiger partial charge in [-0.15, -0.1) is 0 Å². The maximum Gasteiger partial charge on any atom is 0.255 e. The Hall–Kier alpha value is -4.77. The molecule has 1 amide bonds. The zero-order valence-electron chi connectivity index (χ0n) is 20.6. The van der Waals surface area contributed by atoms with Crippen molar-refractivity contribution in [2.75, 3.05) is 19.4 Å². The van der Waals surface area contributed by atoms with E-state index in [-0.39, 0.29) is 12.1 Å². The topological polar surface area (TPSA) is 136 Å². The second kappa shape index (κ2) is 9.60. The Bertz CT molecular complexity index is 1630. The molecule has 6 rings (SSSR count). The highest BCUT2D eigenvalue weighted by Crippen LogP contribution is 2.35. The molecular weight excluding hydrogens is 487 g/mol. The third kappa shape index (κ3) is 4.22. The Balaban J connectivity index is 1.25. The van der Waals surface area contributed by atoms with Gasteiger partial charge in [0, 0.05) is 37.0 Å². The Morgan fingerprint density at radius 2 is 2.05 bits per heavy atom. The summed E-state index contributed by atoms with van der Waals surface area (Å²) in [7, 11) is 1.44. The summed E-state index contributed by atoms with van der Waals surface area (Å²) in [6, 6.07) is 13.5. The van der Waals surface area contributed by atoms with Crippen molar-refractivity contribution < 1.29 is 13.9 Å². The molecule has 0 aliphatic carbocycles. The second-order valence-electron chi connectivity index (χ2n) is 9.02. The van der Waals surface area contributed by atoms with Crippen molar-refractivity contribution in [2.45, 2.75) is 19.6 Å². The Morgan fingerprint density at radius 3 is 2.84 bits per heavy atom. The van der Waals surface area contributed by atoms with Gasteiger partial charge in [-0.1, -0.05) is 24.3 Å². The number of benzene rings is 2. The van der Waals surface area contributed by atoms with Gasteiger partial charge < -0.3 is 21.1 Å². The largest absolute Gasteiger partial charge is 0.496 e. The van der Waals surface area contributed by atoms with Crippen LogP contribution >= 0.6 is 0 Å². The number of hydrogen-bond donors (Lipinski definition) is 4. The molecule has 38 heavy (non-hydrogen) atoms. The highest BCUT2D eigenvalue weighted by atomic mass is 19.1. The van der Waals surface area contributed by atoms with Crippen LogP contribution in [0, 0.1) is 5.82 Å². The van der Waals surface area contributed by atoms with Crippen molar-refractivity contribution in [2.24, 2.45) is 0 Å². The fourth-order valence-corrected chi connectivity index (χ4v) is 4.70.